The van der Waals surface area contributed by atoms with Crippen LogP contribution in [0.25, 0.3) is 11.0 Å². The van der Waals surface area contributed by atoms with E-state index in [2.05, 4.69) is 20.7 Å². The minimum atomic E-state index is -0.633. The van der Waals surface area contributed by atoms with Gasteiger partial charge in [-0.3, -0.25) is 4.79 Å². The zero-order valence-electron chi connectivity index (χ0n) is 17.6. The van der Waals surface area contributed by atoms with Crippen molar-refractivity contribution in [1.82, 2.24) is 14.6 Å². The van der Waals surface area contributed by atoms with Crippen LogP contribution in [-0.2, 0) is 11.3 Å². The summed E-state index contributed by atoms with van der Waals surface area (Å²) in [6, 6.07) is 11.1. The second-order valence-corrected chi connectivity index (χ2v) is 9.33. The van der Waals surface area contributed by atoms with E-state index in [9.17, 15) is 13.6 Å². The van der Waals surface area contributed by atoms with E-state index in [0.717, 1.165) is 42.9 Å². The van der Waals surface area contributed by atoms with Gasteiger partial charge in [-0.25, -0.2) is 18.8 Å². The van der Waals surface area contributed by atoms with Crippen LogP contribution in [-0.4, -0.2) is 26.7 Å². The van der Waals surface area contributed by atoms with Crippen molar-refractivity contribution in [1.29, 1.82) is 0 Å². The molecule has 2 aliphatic carbocycles. The molecule has 32 heavy (non-hydrogen) atoms. The lowest BCUT2D eigenvalue weighted by Crippen LogP contribution is -2.38. The highest BCUT2D eigenvalue weighted by molar-refractivity contribution is 5.83. The molecule has 3 aliphatic rings. The molecule has 1 aromatic heterocycles. The van der Waals surface area contributed by atoms with Gasteiger partial charge < -0.3 is 4.57 Å². The summed E-state index contributed by atoms with van der Waals surface area (Å²) in [5, 5.41) is 5.80. The molecule has 2 aromatic carbocycles. The molecule has 5 nitrogen and oxygen atoms in total. The van der Waals surface area contributed by atoms with Crippen molar-refractivity contribution in [3.05, 3.63) is 66.0 Å². The number of aromatic nitrogens is 2. The number of rotatable bonds is 4. The number of para-hydroxylation sites is 2. The average molecular weight is 434 g/mol. The van der Waals surface area contributed by atoms with Crippen LogP contribution in [0.5, 0.6) is 0 Å². The number of hydrogen-bond acceptors (Lipinski definition) is 3. The fourth-order valence-corrected chi connectivity index (χ4v) is 6.05. The predicted molar refractivity (Wildman–Crippen MR) is 117 cm³/mol. The standard InChI is InChI=1S/C25H24F2N4O/c26-17-9-15(10-18(27)12-17)23-7-8-29-31(23)25(32)21-11-16(19-5-6-20(19)21)13-30-14-28-22-3-1-2-4-24(22)30/h1-4,8-10,12,14,16,19-21,23H,5-7,11,13H2/t16?,19?,20?,21-,23?/m0/s1. The minimum Gasteiger partial charge on any atom is -0.330 e. The third-order valence-corrected chi connectivity index (χ3v) is 7.66. The number of carbonyl (C=O) groups excluding carboxylic acids is 1. The van der Waals surface area contributed by atoms with Crippen molar-refractivity contribution in [2.45, 2.75) is 38.3 Å². The topological polar surface area (TPSA) is 50.5 Å². The number of imidazole rings is 1. The lowest BCUT2D eigenvalue weighted by molar-refractivity contribution is -0.139. The highest BCUT2D eigenvalue weighted by atomic mass is 19.1. The van der Waals surface area contributed by atoms with Gasteiger partial charge in [0.25, 0.3) is 0 Å². The fraction of sp³-hybridized carbons (Fsp3) is 0.400. The molecule has 3 aromatic rings. The number of amides is 1. The quantitative estimate of drug-likeness (QED) is 0.584. The van der Waals surface area contributed by atoms with E-state index in [1.807, 2.05) is 24.5 Å². The first kappa shape index (κ1) is 19.6. The Kier molecular flexibility index (Phi) is 4.59. The van der Waals surface area contributed by atoms with Crippen LogP contribution in [0, 0.1) is 35.3 Å². The highest BCUT2D eigenvalue weighted by Crippen LogP contribution is 2.55. The normalized spacial score (nSPS) is 28.8. The van der Waals surface area contributed by atoms with E-state index in [1.54, 1.807) is 6.21 Å². The van der Waals surface area contributed by atoms with Gasteiger partial charge >= 0.3 is 0 Å². The molecule has 164 valence electrons. The number of halogens is 2. The molecule has 5 atom stereocenters. The van der Waals surface area contributed by atoms with Crippen molar-refractivity contribution in [3.8, 4) is 0 Å². The first-order valence-electron chi connectivity index (χ1n) is 11.3. The van der Waals surface area contributed by atoms with Crippen LogP contribution in [0.3, 0.4) is 0 Å². The van der Waals surface area contributed by atoms with E-state index < -0.39 is 17.7 Å². The number of benzene rings is 2. The molecule has 2 fully saturated rings. The van der Waals surface area contributed by atoms with Crippen LogP contribution in [0.4, 0.5) is 8.78 Å². The lowest BCUT2D eigenvalue weighted by atomic mass is 9.70. The van der Waals surface area contributed by atoms with Crippen molar-refractivity contribution in [2.24, 2.45) is 28.8 Å². The number of hydrazone groups is 1. The summed E-state index contributed by atoms with van der Waals surface area (Å²) >= 11 is 0. The molecule has 0 spiro atoms. The molecule has 0 bridgehead atoms. The monoisotopic (exact) mass is 434 g/mol. The van der Waals surface area contributed by atoms with Crippen LogP contribution in [0.15, 0.2) is 53.9 Å². The zero-order chi connectivity index (χ0) is 21.8. The van der Waals surface area contributed by atoms with Gasteiger partial charge in [-0.05, 0) is 66.8 Å². The summed E-state index contributed by atoms with van der Waals surface area (Å²) in [5.74, 6) is -0.0637. The Morgan fingerprint density at radius 3 is 2.62 bits per heavy atom. The molecule has 7 heteroatoms. The molecular formula is C25H24F2N4O. The summed E-state index contributed by atoms with van der Waals surface area (Å²) < 4.78 is 29.8. The first-order valence-corrected chi connectivity index (χ1v) is 11.3. The smallest absolute Gasteiger partial charge is 0.246 e. The minimum absolute atomic E-state index is 0.0129. The maximum absolute atomic E-state index is 13.8. The maximum atomic E-state index is 13.8. The first-order chi connectivity index (χ1) is 15.6. The fourth-order valence-electron chi connectivity index (χ4n) is 6.05. The summed E-state index contributed by atoms with van der Waals surface area (Å²) in [4.78, 5) is 18.1. The van der Waals surface area contributed by atoms with Gasteiger partial charge in [0.2, 0.25) is 5.91 Å². The lowest BCUT2D eigenvalue weighted by Gasteiger charge is -2.37. The van der Waals surface area contributed by atoms with E-state index >= 15 is 0 Å². The Hall–Kier alpha value is -3.09. The molecule has 4 unspecified atom stereocenters. The van der Waals surface area contributed by atoms with Crippen molar-refractivity contribution >= 4 is 23.2 Å². The van der Waals surface area contributed by atoms with E-state index in [0.29, 0.717) is 29.7 Å². The molecule has 2 saturated carbocycles. The van der Waals surface area contributed by atoms with Crippen LogP contribution in [0.1, 0.15) is 37.3 Å². The van der Waals surface area contributed by atoms with E-state index in [-0.39, 0.29) is 11.8 Å². The maximum Gasteiger partial charge on any atom is 0.246 e. The van der Waals surface area contributed by atoms with Crippen LogP contribution in [0.2, 0.25) is 0 Å². The van der Waals surface area contributed by atoms with E-state index in [4.69, 9.17) is 0 Å². The molecule has 1 aliphatic heterocycles. The van der Waals surface area contributed by atoms with Gasteiger partial charge in [0.15, 0.2) is 0 Å². The Labute approximate surface area is 184 Å². The van der Waals surface area contributed by atoms with Gasteiger partial charge in [0.1, 0.15) is 11.6 Å². The predicted octanol–water partition coefficient (Wildman–Crippen LogP) is 4.94. The molecule has 2 heterocycles. The van der Waals surface area contributed by atoms with E-state index in [1.165, 1.54) is 17.1 Å². The molecule has 0 radical (unpaired) electrons. The number of fused-ring (bicyclic) bond motifs is 2. The highest BCUT2D eigenvalue weighted by Gasteiger charge is 2.52. The number of hydrogen-bond donors (Lipinski definition) is 0. The van der Waals surface area contributed by atoms with Crippen molar-refractivity contribution < 1.29 is 13.6 Å². The van der Waals surface area contributed by atoms with Crippen molar-refractivity contribution in [2.75, 3.05) is 0 Å². The summed E-state index contributed by atoms with van der Waals surface area (Å²) in [6.07, 6.45) is 7.06. The Balaban J connectivity index is 1.22. The molecular weight excluding hydrogens is 410 g/mol. The second-order valence-electron chi connectivity index (χ2n) is 9.33. The third kappa shape index (κ3) is 3.14. The van der Waals surface area contributed by atoms with Gasteiger partial charge in [-0.1, -0.05) is 12.1 Å². The Morgan fingerprint density at radius 2 is 1.84 bits per heavy atom. The average Bonchev–Trinajstić information content (AvgIpc) is 3.44. The molecule has 0 saturated heterocycles. The van der Waals surface area contributed by atoms with Gasteiger partial charge in [-0.2, -0.15) is 5.10 Å². The number of nitrogens with zero attached hydrogens (tertiary/aromatic N) is 4. The van der Waals surface area contributed by atoms with Gasteiger partial charge in [0, 0.05) is 31.2 Å². The van der Waals surface area contributed by atoms with Crippen LogP contribution >= 0.6 is 0 Å². The third-order valence-electron chi connectivity index (χ3n) is 7.66. The number of carbonyl (C=O) groups is 1. The van der Waals surface area contributed by atoms with Crippen LogP contribution < -0.4 is 0 Å². The summed E-state index contributed by atoms with van der Waals surface area (Å²) in [6.45, 7) is 0.854. The van der Waals surface area contributed by atoms with Crippen molar-refractivity contribution in [3.63, 3.8) is 0 Å². The second kappa shape index (κ2) is 7.50. The Bertz CT molecular complexity index is 1200. The zero-order valence-corrected chi connectivity index (χ0v) is 17.6. The summed E-state index contributed by atoms with van der Waals surface area (Å²) in [7, 11) is 0. The molecule has 6 rings (SSSR count). The SMILES string of the molecule is O=C([C@H]1CC(Cn2cnc3ccccc32)C2CCC21)N1N=CCC1c1cc(F)cc(F)c1. The molecule has 0 N–H and O–H groups in total. The van der Waals surface area contributed by atoms with Gasteiger partial charge in [0.05, 0.1) is 23.4 Å². The molecule has 1 amide bonds. The largest absolute Gasteiger partial charge is 0.330 e. The summed E-state index contributed by atoms with van der Waals surface area (Å²) in [5.41, 5.74) is 2.56. The Morgan fingerprint density at radius 1 is 1.06 bits per heavy atom. The van der Waals surface area contributed by atoms with Gasteiger partial charge in [-0.15, -0.1) is 0 Å².